The molecule has 0 unspecified atom stereocenters. The Kier molecular flexibility index (Phi) is 5.57. The van der Waals surface area contributed by atoms with Gasteiger partial charge in [0.2, 0.25) is 0 Å². The molecule has 5 nitrogen and oxygen atoms in total. The Morgan fingerprint density at radius 1 is 1.13 bits per heavy atom. The molecule has 0 radical (unpaired) electrons. The van der Waals surface area contributed by atoms with Gasteiger partial charge in [0.25, 0.3) is 0 Å². The highest BCUT2D eigenvalue weighted by Gasteiger charge is 2.61. The molecule has 0 spiro atoms. The van der Waals surface area contributed by atoms with Gasteiger partial charge in [0.1, 0.15) is 12.2 Å². The third-order valence-electron chi connectivity index (χ3n) is 9.45. The number of allylic oxidation sites excluding steroid dienone is 1. The van der Waals surface area contributed by atoms with Gasteiger partial charge in [-0.05, 0) is 75.0 Å². The summed E-state index contributed by atoms with van der Waals surface area (Å²) in [6, 6.07) is 0. The van der Waals surface area contributed by atoms with Gasteiger partial charge < -0.3 is 14.6 Å². The maximum Gasteiger partial charge on any atom is 0.302 e. The predicted octanol–water partition coefficient (Wildman–Crippen LogP) is 4.42. The molecular weight excluding hydrogens is 380 g/mol. The lowest BCUT2D eigenvalue weighted by Crippen LogP contribution is -2.57. The minimum Gasteiger partial charge on any atom is -0.463 e. The molecule has 0 aromatic rings. The number of rotatable bonds is 3. The first kappa shape index (κ1) is 21.9. The minimum atomic E-state index is -0.419. The van der Waals surface area contributed by atoms with E-state index in [4.69, 9.17) is 9.47 Å². The first-order valence-corrected chi connectivity index (χ1v) is 11.8. The summed E-state index contributed by atoms with van der Waals surface area (Å²) in [6.07, 6.45) is 8.71. The Labute approximate surface area is 180 Å². The second-order valence-corrected chi connectivity index (χ2v) is 10.8. The van der Waals surface area contributed by atoms with Crippen molar-refractivity contribution in [1.82, 2.24) is 0 Å². The molecule has 1 N–H and O–H groups in total. The van der Waals surface area contributed by atoms with E-state index in [2.05, 4.69) is 19.9 Å². The number of aliphatic hydroxyl groups is 1. The molecule has 0 amide bonds. The van der Waals surface area contributed by atoms with Gasteiger partial charge in [0, 0.05) is 25.2 Å². The smallest absolute Gasteiger partial charge is 0.302 e. The van der Waals surface area contributed by atoms with Gasteiger partial charge in [-0.2, -0.15) is 0 Å². The summed E-state index contributed by atoms with van der Waals surface area (Å²) in [4.78, 5) is 23.0. The third-order valence-corrected chi connectivity index (χ3v) is 9.45. The van der Waals surface area contributed by atoms with Crippen LogP contribution in [0.5, 0.6) is 0 Å². The van der Waals surface area contributed by atoms with Crippen molar-refractivity contribution >= 4 is 11.9 Å². The monoisotopic (exact) mass is 418 g/mol. The van der Waals surface area contributed by atoms with Crippen LogP contribution < -0.4 is 0 Å². The fraction of sp³-hybridized carbons (Fsp3) is 0.840. The van der Waals surface area contributed by atoms with Crippen molar-refractivity contribution in [3.63, 3.8) is 0 Å². The fourth-order valence-electron chi connectivity index (χ4n) is 7.94. The van der Waals surface area contributed by atoms with Gasteiger partial charge in [-0.15, -0.1) is 0 Å². The van der Waals surface area contributed by atoms with Crippen LogP contribution in [0, 0.1) is 34.5 Å². The first-order chi connectivity index (χ1) is 14.1. The van der Waals surface area contributed by atoms with Gasteiger partial charge in [-0.25, -0.2) is 0 Å². The van der Waals surface area contributed by atoms with E-state index in [-0.39, 0.29) is 40.9 Å². The van der Waals surface area contributed by atoms with Crippen LogP contribution in [-0.4, -0.2) is 35.4 Å². The first-order valence-electron chi connectivity index (χ1n) is 11.8. The number of carbonyl (C=O) groups is 2. The lowest BCUT2D eigenvalue weighted by molar-refractivity contribution is -0.163. The SMILES string of the molecule is CC(=O)O[C@H]1CC[C@@]2(C)[C@@H](CC[C@H]3C4=CC[C@H]([C@@H](C)OC(C)=O)[C@@]4(C)[C@@H](O)C[C@@H]32)C1. The average molecular weight is 419 g/mol. The second kappa shape index (κ2) is 7.65. The van der Waals surface area contributed by atoms with E-state index in [1.807, 2.05) is 6.92 Å². The number of esters is 2. The maximum atomic E-state index is 11.5. The van der Waals surface area contributed by atoms with Gasteiger partial charge in [-0.1, -0.05) is 25.5 Å². The van der Waals surface area contributed by atoms with E-state index in [0.29, 0.717) is 17.8 Å². The van der Waals surface area contributed by atoms with Crippen LogP contribution in [0.1, 0.15) is 79.6 Å². The van der Waals surface area contributed by atoms with Crippen LogP contribution in [0.2, 0.25) is 0 Å². The van der Waals surface area contributed by atoms with Crippen molar-refractivity contribution in [3.05, 3.63) is 11.6 Å². The van der Waals surface area contributed by atoms with Crippen LogP contribution >= 0.6 is 0 Å². The Hall–Kier alpha value is -1.36. The lowest BCUT2D eigenvalue weighted by atomic mass is 9.45. The van der Waals surface area contributed by atoms with Gasteiger partial charge >= 0.3 is 11.9 Å². The largest absolute Gasteiger partial charge is 0.463 e. The molecule has 4 aliphatic rings. The molecule has 4 rings (SSSR count). The molecule has 0 aromatic carbocycles. The third kappa shape index (κ3) is 3.32. The van der Waals surface area contributed by atoms with Crippen molar-refractivity contribution in [1.29, 1.82) is 0 Å². The van der Waals surface area contributed by atoms with E-state index in [1.54, 1.807) is 0 Å². The second-order valence-electron chi connectivity index (χ2n) is 10.8. The van der Waals surface area contributed by atoms with Gasteiger partial charge in [0.05, 0.1) is 6.10 Å². The Balaban J connectivity index is 1.56. The average Bonchev–Trinajstić information content (AvgIpc) is 3.01. The van der Waals surface area contributed by atoms with E-state index >= 15 is 0 Å². The Morgan fingerprint density at radius 2 is 1.87 bits per heavy atom. The van der Waals surface area contributed by atoms with Crippen LogP contribution in [0.4, 0.5) is 0 Å². The number of aliphatic hydroxyl groups excluding tert-OH is 1. The summed E-state index contributed by atoms with van der Waals surface area (Å²) in [5, 5.41) is 11.5. The maximum absolute atomic E-state index is 11.5. The summed E-state index contributed by atoms with van der Waals surface area (Å²) < 4.78 is 11.1. The zero-order chi connectivity index (χ0) is 21.8. The Morgan fingerprint density at radius 3 is 2.53 bits per heavy atom. The zero-order valence-electron chi connectivity index (χ0n) is 19.1. The zero-order valence-corrected chi connectivity index (χ0v) is 19.1. The molecule has 0 saturated heterocycles. The highest BCUT2D eigenvalue weighted by molar-refractivity contribution is 5.66. The van der Waals surface area contributed by atoms with Gasteiger partial charge in [0.15, 0.2) is 0 Å². The number of carbonyl (C=O) groups excluding carboxylic acids is 2. The molecule has 4 aliphatic carbocycles. The van der Waals surface area contributed by atoms with Crippen molar-refractivity contribution in [2.45, 2.75) is 97.9 Å². The Bertz CT molecular complexity index is 744. The lowest BCUT2D eigenvalue weighted by Gasteiger charge is -2.61. The van der Waals surface area contributed by atoms with Crippen molar-refractivity contribution in [2.75, 3.05) is 0 Å². The van der Waals surface area contributed by atoms with E-state index in [9.17, 15) is 14.7 Å². The molecule has 3 fully saturated rings. The van der Waals surface area contributed by atoms with Crippen molar-refractivity contribution < 1.29 is 24.2 Å². The summed E-state index contributed by atoms with van der Waals surface area (Å²) >= 11 is 0. The summed E-state index contributed by atoms with van der Waals surface area (Å²) in [5.41, 5.74) is 1.29. The highest BCUT2D eigenvalue weighted by atomic mass is 16.5. The molecule has 30 heavy (non-hydrogen) atoms. The molecule has 0 bridgehead atoms. The summed E-state index contributed by atoms with van der Waals surface area (Å²) in [5.74, 6) is 1.22. The molecule has 9 atom stereocenters. The number of ether oxygens (including phenoxy) is 2. The van der Waals surface area contributed by atoms with Crippen LogP contribution in [0.25, 0.3) is 0 Å². The van der Waals surface area contributed by atoms with Crippen LogP contribution in [-0.2, 0) is 19.1 Å². The van der Waals surface area contributed by atoms with E-state index in [1.165, 1.54) is 19.4 Å². The standard InChI is InChI=1S/C25H38O5/c1-14(29-15(2)26)20-8-9-21-19-7-6-17-12-18(30-16(3)27)10-11-24(17,4)22(19)13-23(28)25(20,21)5/h9,14,17-20,22-23,28H,6-8,10-13H2,1-5H3/t14-,17+,18+,19+,20-,22+,23+,24+,25-/m1/s1. The predicted molar refractivity (Wildman–Crippen MR) is 113 cm³/mol. The number of fused-ring (bicyclic) bond motifs is 5. The topological polar surface area (TPSA) is 72.8 Å². The fourth-order valence-corrected chi connectivity index (χ4v) is 7.94. The van der Waals surface area contributed by atoms with E-state index < -0.39 is 6.10 Å². The molecule has 5 heteroatoms. The van der Waals surface area contributed by atoms with Crippen molar-refractivity contribution in [2.24, 2.45) is 34.5 Å². The normalized spacial score (nSPS) is 46.0. The molecule has 0 aliphatic heterocycles. The summed E-state index contributed by atoms with van der Waals surface area (Å²) in [7, 11) is 0. The summed E-state index contributed by atoms with van der Waals surface area (Å²) in [6.45, 7) is 9.56. The molecular formula is C25H38O5. The van der Waals surface area contributed by atoms with Crippen molar-refractivity contribution in [3.8, 4) is 0 Å². The van der Waals surface area contributed by atoms with Crippen LogP contribution in [0.15, 0.2) is 11.6 Å². The molecule has 168 valence electrons. The number of hydrogen-bond acceptors (Lipinski definition) is 5. The van der Waals surface area contributed by atoms with E-state index in [0.717, 1.165) is 44.9 Å². The highest BCUT2D eigenvalue weighted by Crippen LogP contribution is 2.66. The minimum absolute atomic E-state index is 0.0514. The molecule has 3 saturated carbocycles. The quantitative estimate of drug-likeness (QED) is 0.543. The number of hydrogen-bond donors (Lipinski definition) is 1. The van der Waals surface area contributed by atoms with Gasteiger partial charge in [-0.3, -0.25) is 9.59 Å². The molecule has 0 heterocycles. The molecule has 0 aromatic heterocycles. The van der Waals surface area contributed by atoms with Crippen LogP contribution in [0.3, 0.4) is 0 Å².